The van der Waals surface area contributed by atoms with E-state index in [2.05, 4.69) is 15.5 Å². The normalized spacial score (nSPS) is 14.8. The van der Waals surface area contributed by atoms with Gasteiger partial charge in [-0.05, 0) is 36.5 Å². The lowest BCUT2D eigenvalue weighted by Gasteiger charge is -2.35. The Morgan fingerprint density at radius 1 is 1.03 bits per heavy atom. The van der Waals surface area contributed by atoms with Crippen LogP contribution in [0.5, 0.6) is 5.75 Å². The summed E-state index contributed by atoms with van der Waals surface area (Å²) in [5, 5.41) is 5.82. The fraction of sp³-hybridized carbons (Fsp3) is 0.300. The first-order valence-corrected chi connectivity index (χ1v) is 11.7. The Balaban J connectivity index is 1.55. The van der Waals surface area contributed by atoms with Gasteiger partial charge in [0.1, 0.15) is 5.75 Å². The number of rotatable bonds is 6. The van der Waals surface area contributed by atoms with E-state index in [9.17, 15) is 13.2 Å². The first kappa shape index (κ1) is 22.0. The fourth-order valence-corrected chi connectivity index (χ4v) is 4.15. The van der Waals surface area contributed by atoms with E-state index in [-0.39, 0.29) is 17.6 Å². The molecule has 1 aliphatic heterocycles. The first-order valence-electron chi connectivity index (χ1n) is 9.41. The van der Waals surface area contributed by atoms with Gasteiger partial charge in [0.05, 0.1) is 17.6 Å². The van der Waals surface area contributed by atoms with Gasteiger partial charge in [-0.25, -0.2) is 8.42 Å². The Morgan fingerprint density at radius 3 is 2.33 bits per heavy atom. The number of hydrogen-bond acceptors (Lipinski definition) is 6. The molecule has 2 aromatic carbocycles. The molecule has 1 aliphatic rings. The molecule has 1 saturated heterocycles. The van der Waals surface area contributed by atoms with Gasteiger partial charge in [-0.1, -0.05) is 30.3 Å². The van der Waals surface area contributed by atoms with Crippen molar-refractivity contribution in [1.82, 2.24) is 9.62 Å². The third kappa shape index (κ3) is 6.15. The molecule has 0 saturated carbocycles. The molecule has 30 heavy (non-hydrogen) atoms. The highest BCUT2D eigenvalue weighted by atomic mass is 32.2. The second-order valence-corrected chi connectivity index (χ2v) is 9.16. The summed E-state index contributed by atoms with van der Waals surface area (Å²) in [6.07, 6.45) is 1.22. The van der Waals surface area contributed by atoms with Gasteiger partial charge in [-0.15, -0.1) is 0 Å². The Labute approximate surface area is 181 Å². The lowest BCUT2D eigenvalue weighted by molar-refractivity contribution is -0.121. The lowest BCUT2D eigenvalue weighted by atomic mass is 10.2. The average molecular weight is 449 g/mol. The number of nitrogens with one attached hydrogen (secondary N) is 2. The second kappa shape index (κ2) is 9.88. The number of carbonyl (C=O) groups is 1. The number of hydrogen-bond donors (Lipinski definition) is 2. The quantitative estimate of drug-likeness (QED) is 0.650. The second-order valence-electron chi connectivity index (χ2n) is 6.77. The van der Waals surface area contributed by atoms with Gasteiger partial charge in [0, 0.05) is 26.2 Å². The van der Waals surface area contributed by atoms with E-state index in [1.54, 1.807) is 12.1 Å². The van der Waals surface area contributed by atoms with Crippen molar-refractivity contribution in [3.63, 3.8) is 0 Å². The third-order valence-corrected chi connectivity index (χ3v) is 6.07. The zero-order valence-electron chi connectivity index (χ0n) is 16.6. The van der Waals surface area contributed by atoms with Crippen LogP contribution >= 0.6 is 12.2 Å². The van der Waals surface area contributed by atoms with Gasteiger partial charge < -0.3 is 15.0 Å². The highest BCUT2D eigenvalue weighted by Crippen LogP contribution is 2.27. The first-order chi connectivity index (χ1) is 14.3. The number of piperazine rings is 1. The third-order valence-electron chi connectivity index (χ3n) is 4.57. The van der Waals surface area contributed by atoms with Crippen LogP contribution in [0.1, 0.15) is 0 Å². The summed E-state index contributed by atoms with van der Waals surface area (Å²) in [5.41, 5.74) is 1.63. The Hall–Kier alpha value is -2.69. The standard InChI is InChI=1S/C20H24N4O4S2/c1-30(26,27)24-13-11-23(12-14-24)18-10-6-5-9-17(18)21-20(29)22-19(25)15-28-16-7-3-2-4-8-16/h2-10H,11-15H2,1H3,(H2,21,22,25,29). The molecule has 0 bridgehead atoms. The van der Waals surface area contributed by atoms with Crippen LogP contribution in [0.4, 0.5) is 11.4 Å². The predicted octanol–water partition coefficient (Wildman–Crippen LogP) is 1.66. The molecule has 0 spiro atoms. The fourth-order valence-electron chi connectivity index (χ4n) is 3.10. The van der Waals surface area contributed by atoms with Gasteiger partial charge in [-0.2, -0.15) is 4.31 Å². The minimum absolute atomic E-state index is 0.152. The highest BCUT2D eigenvalue weighted by molar-refractivity contribution is 7.88. The van der Waals surface area contributed by atoms with Crippen LogP contribution in [0.3, 0.4) is 0 Å². The molecule has 1 heterocycles. The van der Waals surface area contributed by atoms with Crippen molar-refractivity contribution < 1.29 is 17.9 Å². The van der Waals surface area contributed by atoms with Gasteiger partial charge >= 0.3 is 0 Å². The molecule has 1 amide bonds. The van der Waals surface area contributed by atoms with Crippen molar-refractivity contribution in [3.8, 4) is 5.75 Å². The molecule has 0 aliphatic carbocycles. The van der Waals surface area contributed by atoms with Crippen LogP contribution in [-0.2, 0) is 14.8 Å². The number of para-hydroxylation sites is 3. The number of anilines is 2. The average Bonchev–Trinajstić information content (AvgIpc) is 2.73. The summed E-state index contributed by atoms with van der Waals surface area (Å²) in [4.78, 5) is 14.2. The van der Waals surface area contributed by atoms with Crippen LogP contribution in [0.25, 0.3) is 0 Å². The molecule has 2 N–H and O–H groups in total. The van der Waals surface area contributed by atoms with E-state index in [1.165, 1.54) is 10.6 Å². The van der Waals surface area contributed by atoms with Crippen LogP contribution in [0.2, 0.25) is 0 Å². The number of benzene rings is 2. The van der Waals surface area contributed by atoms with Gasteiger partial charge in [-0.3, -0.25) is 10.1 Å². The van der Waals surface area contributed by atoms with Crippen molar-refractivity contribution in [2.75, 3.05) is 49.3 Å². The minimum atomic E-state index is -3.19. The van der Waals surface area contributed by atoms with Crippen molar-refractivity contribution in [1.29, 1.82) is 0 Å². The van der Waals surface area contributed by atoms with E-state index in [0.717, 1.165) is 11.4 Å². The zero-order valence-corrected chi connectivity index (χ0v) is 18.2. The Kier molecular flexibility index (Phi) is 7.24. The monoisotopic (exact) mass is 448 g/mol. The SMILES string of the molecule is CS(=O)(=O)N1CCN(c2ccccc2NC(=S)NC(=O)COc2ccccc2)CC1. The van der Waals surface area contributed by atoms with E-state index in [4.69, 9.17) is 17.0 Å². The maximum Gasteiger partial charge on any atom is 0.264 e. The summed E-state index contributed by atoms with van der Waals surface area (Å²) in [6, 6.07) is 16.6. The van der Waals surface area contributed by atoms with Crippen LogP contribution in [0.15, 0.2) is 54.6 Å². The molecule has 2 aromatic rings. The number of sulfonamides is 1. The van der Waals surface area contributed by atoms with Crippen LogP contribution in [0, 0.1) is 0 Å². The van der Waals surface area contributed by atoms with Crippen molar-refractivity contribution in [2.24, 2.45) is 0 Å². The summed E-state index contributed by atoms with van der Waals surface area (Å²) in [5.74, 6) is 0.237. The summed E-state index contributed by atoms with van der Waals surface area (Å²) in [6.45, 7) is 1.82. The van der Waals surface area contributed by atoms with Gasteiger partial charge in [0.2, 0.25) is 10.0 Å². The molecule has 1 fully saturated rings. The van der Waals surface area contributed by atoms with Crippen molar-refractivity contribution in [3.05, 3.63) is 54.6 Å². The molecular weight excluding hydrogens is 424 g/mol. The van der Waals surface area contributed by atoms with Crippen molar-refractivity contribution in [2.45, 2.75) is 0 Å². The molecular formula is C20H24N4O4S2. The maximum atomic E-state index is 12.1. The molecule has 3 rings (SSSR count). The summed E-state index contributed by atoms with van der Waals surface area (Å²) in [7, 11) is -3.19. The molecule has 0 unspecified atom stereocenters. The van der Waals surface area contributed by atoms with Crippen LogP contribution in [-0.4, -0.2) is 62.8 Å². The minimum Gasteiger partial charge on any atom is -0.484 e. The van der Waals surface area contributed by atoms with Crippen molar-refractivity contribution >= 4 is 44.6 Å². The summed E-state index contributed by atoms with van der Waals surface area (Å²) >= 11 is 5.27. The maximum absolute atomic E-state index is 12.1. The van der Waals surface area contributed by atoms with Crippen LogP contribution < -0.4 is 20.3 Å². The van der Waals surface area contributed by atoms with E-state index in [1.807, 2.05) is 42.5 Å². The highest BCUT2D eigenvalue weighted by Gasteiger charge is 2.24. The number of nitrogens with zero attached hydrogens (tertiary/aromatic N) is 2. The number of thiocarbonyl (C=S) groups is 1. The van der Waals surface area contributed by atoms with E-state index >= 15 is 0 Å². The van der Waals surface area contributed by atoms with Gasteiger partial charge in [0.15, 0.2) is 11.7 Å². The Morgan fingerprint density at radius 2 is 1.67 bits per heavy atom. The molecule has 0 radical (unpaired) electrons. The lowest BCUT2D eigenvalue weighted by Crippen LogP contribution is -2.48. The largest absolute Gasteiger partial charge is 0.484 e. The molecule has 8 nitrogen and oxygen atoms in total. The zero-order chi connectivity index (χ0) is 21.6. The number of amides is 1. The van der Waals surface area contributed by atoms with Gasteiger partial charge in [0.25, 0.3) is 5.91 Å². The molecule has 0 aromatic heterocycles. The summed E-state index contributed by atoms with van der Waals surface area (Å²) < 4.78 is 30.3. The molecule has 160 valence electrons. The Bertz CT molecular complexity index is 991. The topological polar surface area (TPSA) is 91.0 Å². The van der Waals surface area contributed by atoms with E-state index in [0.29, 0.717) is 31.9 Å². The number of ether oxygens (including phenoxy) is 1. The number of carbonyl (C=O) groups excluding carboxylic acids is 1. The molecule has 0 atom stereocenters. The predicted molar refractivity (Wildman–Crippen MR) is 121 cm³/mol. The molecule has 10 heteroatoms. The van der Waals surface area contributed by atoms with E-state index < -0.39 is 10.0 Å². The smallest absolute Gasteiger partial charge is 0.264 e.